The Hall–Kier alpha value is -2.79. The Balaban J connectivity index is 1.68. The lowest BCUT2D eigenvalue weighted by Gasteiger charge is -2.12. The van der Waals surface area contributed by atoms with Gasteiger partial charge in [-0.1, -0.05) is 35.5 Å². The van der Waals surface area contributed by atoms with E-state index in [1.807, 2.05) is 25.1 Å². The standard InChI is InChI=1S/C24H26N2O2S/c1-16-7-10-22(28-4)19(14-16)11-13-25-23(27)21-6-5-12-26-24(21)29-20-9-8-17(2)18(3)15-20/h5-10,12,14-15H,11,13H2,1-4H3,(H,25,27). The third kappa shape index (κ3) is 5.39. The van der Waals surface area contributed by atoms with Gasteiger partial charge in [-0.15, -0.1) is 0 Å². The van der Waals surface area contributed by atoms with E-state index in [0.717, 1.165) is 16.2 Å². The highest BCUT2D eigenvalue weighted by atomic mass is 32.2. The summed E-state index contributed by atoms with van der Waals surface area (Å²) in [6.07, 6.45) is 2.42. The van der Waals surface area contributed by atoms with Gasteiger partial charge in [-0.05, 0) is 74.2 Å². The predicted octanol–water partition coefficient (Wildman–Crippen LogP) is 5.14. The number of carbonyl (C=O) groups is 1. The smallest absolute Gasteiger partial charge is 0.254 e. The largest absolute Gasteiger partial charge is 0.496 e. The molecule has 0 spiro atoms. The first kappa shape index (κ1) is 20.9. The van der Waals surface area contributed by atoms with E-state index in [0.29, 0.717) is 23.6 Å². The van der Waals surface area contributed by atoms with E-state index < -0.39 is 0 Å². The Labute approximate surface area is 176 Å². The number of methoxy groups -OCH3 is 1. The molecule has 0 aliphatic carbocycles. The number of nitrogens with one attached hydrogen (secondary N) is 1. The van der Waals surface area contributed by atoms with Crippen molar-refractivity contribution in [1.82, 2.24) is 10.3 Å². The van der Waals surface area contributed by atoms with Gasteiger partial charge in [0, 0.05) is 17.6 Å². The highest BCUT2D eigenvalue weighted by molar-refractivity contribution is 7.99. The average Bonchev–Trinajstić information content (AvgIpc) is 2.71. The van der Waals surface area contributed by atoms with Crippen molar-refractivity contribution in [3.05, 3.63) is 82.5 Å². The lowest BCUT2D eigenvalue weighted by molar-refractivity contribution is 0.0950. The van der Waals surface area contributed by atoms with E-state index in [1.54, 1.807) is 19.4 Å². The molecule has 0 saturated heterocycles. The number of carbonyl (C=O) groups excluding carboxylic acids is 1. The van der Waals surface area contributed by atoms with Gasteiger partial charge in [0.2, 0.25) is 0 Å². The second kappa shape index (κ2) is 9.61. The quantitative estimate of drug-likeness (QED) is 0.590. The molecular weight excluding hydrogens is 380 g/mol. The molecule has 5 heteroatoms. The molecule has 1 amide bonds. The van der Waals surface area contributed by atoms with Crippen LogP contribution in [-0.4, -0.2) is 24.5 Å². The van der Waals surface area contributed by atoms with E-state index in [9.17, 15) is 4.79 Å². The summed E-state index contributed by atoms with van der Waals surface area (Å²) in [6.45, 7) is 6.76. The Bertz CT molecular complexity index is 1020. The minimum absolute atomic E-state index is 0.115. The number of hydrogen-bond donors (Lipinski definition) is 1. The number of rotatable bonds is 7. The van der Waals surface area contributed by atoms with Crippen LogP contribution in [0, 0.1) is 20.8 Å². The summed E-state index contributed by atoms with van der Waals surface area (Å²) in [5.41, 5.74) is 5.33. The van der Waals surface area contributed by atoms with Crippen LogP contribution in [-0.2, 0) is 6.42 Å². The summed E-state index contributed by atoms with van der Waals surface area (Å²) in [4.78, 5) is 18.3. The normalized spacial score (nSPS) is 10.6. The topological polar surface area (TPSA) is 51.2 Å². The van der Waals surface area contributed by atoms with Gasteiger partial charge in [-0.2, -0.15) is 0 Å². The molecule has 3 aromatic rings. The van der Waals surface area contributed by atoms with Crippen LogP contribution < -0.4 is 10.1 Å². The molecule has 0 fully saturated rings. The van der Waals surface area contributed by atoms with Gasteiger partial charge in [0.1, 0.15) is 10.8 Å². The van der Waals surface area contributed by atoms with Crippen molar-refractivity contribution < 1.29 is 9.53 Å². The number of ether oxygens (including phenoxy) is 1. The Morgan fingerprint density at radius 2 is 1.90 bits per heavy atom. The van der Waals surface area contributed by atoms with Crippen molar-refractivity contribution >= 4 is 17.7 Å². The minimum Gasteiger partial charge on any atom is -0.496 e. The highest BCUT2D eigenvalue weighted by Crippen LogP contribution is 2.30. The van der Waals surface area contributed by atoms with Gasteiger partial charge in [0.05, 0.1) is 12.7 Å². The molecule has 1 N–H and O–H groups in total. The van der Waals surface area contributed by atoms with Crippen molar-refractivity contribution in [3.63, 3.8) is 0 Å². The average molecular weight is 407 g/mol. The summed E-state index contributed by atoms with van der Waals surface area (Å²) in [7, 11) is 1.67. The fourth-order valence-electron chi connectivity index (χ4n) is 3.04. The molecule has 4 nitrogen and oxygen atoms in total. The summed E-state index contributed by atoms with van der Waals surface area (Å²) in [5.74, 6) is 0.730. The van der Waals surface area contributed by atoms with Gasteiger partial charge in [-0.25, -0.2) is 4.98 Å². The number of aromatic nitrogens is 1. The first-order valence-corrected chi connectivity index (χ1v) is 10.4. The van der Waals surface area contributed by atoms with Crippen LogP contribution in [0.15, 0.2) is 64.6 Å². The van der Waals surface area contributed by atoms with E-state index in [4.69, 9.17) is 4.74 Å². The lowest BCUT2D eigenvalue weighted by Crippen LogP contribution is -2.26. The Morgan fingerprint density at radius 1 is 1.07 bits per heavy atom. The minimum atomic E-state index is -0.115. The van der Waals surface area contributed by atoms with Gasteiger partial charge < -0.3 is 10.1 Å². The van der Waals surface area contributed by atoms with Crippen LogP contribution in [0.25, 0.3) is 0 Å². The third-order valence-corrected chi connectivity index (χ3v) is 5.83. The fourth-order valence-corrected chi connectivity index (χ4v) is 4.02. The number of aryl methyl sites for hydroxylation is 3. The van der Waals surface area contributed by atoms with Crippen molar-refractivity contribution in [1.29, 1.82) is 0 Å². The number of amides is 1. The van der Waals surface area contributed by atoms with Gasteiger partial charge in [0.25, 0.3) is 5.91 Å². The monoisotopic (exact) mass is 406 g/mol. The number of nitrogens with zero attached hydrogens (tertiary/aromatic N) is 1. The molecular formula is C24H26N2O2S. The second-order valence-electron chi connectivity index (χ2n) is 7.03. The van der Waals surface area contributed by atoms with Crippen molar-refractivity contribution in [3.8, 4) is 5.75 Å². The second-order valence-corrected chi connectivity index (χ2v) is 8.09. The molecule has 2 aromatic carbocycles. The number of benzene rings is 2. The van der Waals surface area contributed by atoms with Crippen LogP contribution in [0.5, 0.6) is 5.75 Å². The molecule has 0 bridgehead atoms. The maximum absolute atomic E-state index is 12.8. The molecule has 0 saturated carbocycles. The molecule has 29 heavy (non-hydrogen) atoms. The van der Waals surface area contributed by atoms with Crippen molar-refractivity contribution in [2.45, 2.75) is 37.1 Å². The highest BCUT2D eigenvalue weighted by Gasteiger charge is 2.14. The van der Waals surface area contributed by atoms with Crippen LogP contribution in [0.3, 0.4) is 0 Å². The Kier molecular flexibility index (Phi) is 6.94. The van der Waals surface area contributed by atoms with Gasteiger partial charge >= 0.3 is 0 Å². The van der Waals surface area contributed by atoms with Crippen molar-refractivity contribution in [2.24, 2.45) is 0 Å². The number of hydrogen-bond acceptors (Lipinski definition) is 4. The lowest BCUT2D eigenvalue weighted by atomic mass is 10.1. The molecule has 0 aliphatic rings. The fraction of sp³-hybridized carbons (Fsp3) is 0.250. The molecule has 150 valence electrons. The predicted molar refractivity (Wildman–Crippen MR) is 118 cm³/mol. The van der Waals surface area contributed by atoms with E-state index in [-0.39, 0.29) is 5.91 Å². The van der Waals surface area contributed by atoms with E-state index in [1.165, 1.54) is 28.5 Å². The number of pyridine rings is 1. The zero-order valence-electron chi connectivity index (χ0n) is 17.3. The Morgan fingerprint density at radius 3 is 2.66 bits per heavy atom. The molecule has 0 radical (unpaired) electrons. The molecule has 0 unspecified atom stereocenters. The zero-order chi connectivity index (χ0) is 20.8. The maximum atomic E-state index is 12.8. The molecule has 1 heterocycles. The van der Waals surface area contributed by atoms with Gasteiger partial charge in [0.15, 0.2) is 0 Å². The first-order valence-electron chi connectivity index (χ1n) is 9.60. The summed E-state index contributed by atoms with van der Waals surface area (Å²) in [6, 6.07) is 16.0. The van der Waals surface area contributed by atoms with Crippen LogP contribution >= 0.6 is 11.8 Å². The molecule has 1 aromatic heterocycles. The van der Waals surface area contributed by atoms with Crippen LogP contribution in [0.1, 0.15) is 32.6 Å². The third-order valence-electron chi connectivity index (χ3n) is 4.82. The molecule has 3 rings (SSSR count). The zero-order valence-corrected chi connectivity index (χ0v) is 18.1. The SMILES string of the molecule is COc1ccc(C)cc1CCNC(=O)c1cccnc1Sc1ccc(C)c(C)c1. The van der Waals surface area contributed by atoms with Crippen molar-refractivity contribution in [2.75, 3.05) is 13.7 Å². The summed E-state index contributed by atoms with van der Waals surface area (Å²) < 4.78 is 5.42. The molecule has 0 aliphatic heterocycles. The summed E-state index contributed by atoms with van der Waals surface area (Å²) in [5, 5.41) is 3.73. The molecule has 0 atom stereocenters. The summed E-state index contributed by atoms with van der Waals surface area (Å²) >= 11 is 1.51. The van der Waals surface area contributed by atoms with Crippen LogP contribution in [0.2, 0.25) is 0 Å². The van der Waals surface area contributed by atoms with Gasteiger partial charge in [-0.3, -0.25) is 4.79 Å². The van der Waals surface area contributed by atoms with E-state index in [2.05, 4.69) is 48.4 Å². The maximum Gasteiger partial charge on any atom is 0.254 e. The van der Waals surface area contributed by atoms with E-state index >= 15 is 0 Å². The van der Waals surface area contributed by atoms with Crippen LogP contribution in [0.4, 0.5) is 0 Å². The first-order chi connectivity index (χ1) is 14.0.